The van der Waals surface area contributed by atoms with Crippen LogP contribution in [0, 0.1) is 0 Å². The molecule has 0 spiro atoms. The van der Waals surface area contributed by atoms with Crippen molar-refractivity contribution in [2.45, 2.75) is 4.90 Å². The number of rotatable bonds is 9. The second kappa shape index (κ2) is 10.5. The highest BCUT2D eigenvalue weighted by Crippen LogP contribution is 2.22. The Bertz CT molecular complexity index is 1360. The molecule has 0 heterocycles. The first-order chi connectivity index (χ1) is 16.0. The van der Waals surface area contributed by atoms with Crippen LogP contribution in [-0.4, -0.2) is 42.7 Å². The molecule has 0 aliphatic rings. The first kappa shape index (κ1) is 25.5. The predicted molar refractivity (Wildman–Crippen MR) is 135 cm³/mol. The molecule has 3 aromatic carbocycles. The highest BCUT2D eigenvalue weighted by atomic mass is 79.9. The van der Waals surface area contributed by atoms with Crippen molar-refractivity contribution in [3.05, 3.63) is 77.3 Å². The van der Waals surface area contributed by atoms with Gasteiger partial charge in [0, 0.05) is 15.8 Å². The lowest BCUT2D eigenvalue weighted by atomic mass is 10.3. The Kier molecular flexibility index (Phi) is 7.85. The summed E-state index contributed by atoms with van der Waals surface area (Å²) in [5.41, 5.74) is 1.02. The zero-order valence-corrected chi connectivity index (χ0v) is 21.4. The molecular weight excluding hydrogens is 546 g/mol. The van der Waals surface area contributed by atoms with Gasteiger partial charge in [-0.15, -0.1) is 0 Å². The predicted octanol–water partition coefficient (Wildman–Crippen LogP) is 3.66. The van der Waals surface area contributed by atoms with E-state index in [9.17, 15) is 21.6 Å². The Morgan fingerprint density at radius 1 is 0.882 bits per heavy atom. The molecule has 0 aliphatic carbocycles. The van der Waals surface area contributed by atoms with Gasteiger partial charge in [-0.25, -0.2) is 16.8 Å². The Hall–Kier alpha value is -3.09. The van der Waals surface area contributed by atoms with Gasteiger partial charge in [0.25, 0.3) is 10.0 Å². The summed E-state index contributed by atoms with van der Waals surface area (Å²) in [4.78, 5) is 12.5. The van der Waals surface area contributed by atoms with Crippen LogP contribution in [0.1, 0.15) is 0 Å². The van der Waals surface area contributed by atoms with Crippen LogP contribution in [0.2, 0.25) is 0 Å². The maximum Gasteiger partial charge on any atom is 0.261 e. The lowest BCUT2D eigenvalue weighted by molar-refractivity contribution is -0.114. The minimum Gasteiger partial charge on any atom is -0.497 e. The molecule has 0 aromatic heterocycles. The fourth-order valence-electron chi connectivity index (χ4n) is 2.93. The van der Waals surface area contributed by atoms with Crippen molar-refractivity contribution in [3.63, 3.8) is 0 Å². The lowest BCUT2D eigenvalue weighted by Gasteiger charge is -2.22. The SMILES string of the molecule is COc1ccc(NS(=O)(=O)c2ccc(NC(=O)CN(c3ccc(Br)cc3)S(C)(=O)=O)cc2)cc1. The van der Waals surface area contributed by atoms with Gasteiger partial charge in [0.2, 0.25) is 15.9 Å². The van der Waals surface area contributed by atoms with E-state index in [1.54, 1.807) is 48.5 Å². The molecule has 34 heavy (non-hydrogen) atoms. The lowest BCUT2D eigenvalue weighted by Crippen LogP contribution is -2.37. The van der Waals surface area contributed by atoms with Crippen molar-refractivity contribution in [2.75, 3.05) is 34.3 Å². The van der Waals surface area contributed by atoms with Gasteiger partial charge in [0.05, 0.1) is 23.9 Å². The van der Waals surface area contributed by atoms with Gasteiger partial charge < -0.3 is 10.1 Å². The number of carbonyl (C=O) groups excluding carboxylic acids is 1. The number of amides is 1. The largest absolute Gasteiger partial charge is 0.497 e. The maximum atomic E-state index is 12.6. The fourth-order valence-corrected chi connectivity index (χ4v) is 5.11. The summed E-state index contributed by atoms with van der Waals surface area (Å²) in [6, 6.07) is 18.4. The van der Waals surface area contributed by atoms with Gasteiger partial charge in [0.1, 0.15) is 12.3 Å². The maximum absolute atomic E-state index is 12.6. The molecule has 0 atom stereocenters. The van der Waals surface area contributed by atoms with Crippen molar-refractivity contribution in [1.82, 2.24) is 0 Å². The summed E-state index contributed by atoms with van der Waals surface area (Å²) in [6.45, 7) is -0.445. The van der Waals surface area contributed by atoms with E-state index in [2.05, 4.69) is 26.0 Å². The molecule has 2 N–H and O–H groups in total. The van der Waals surface area contributed by atoms with Gasteiger partial charge in [-0.3, -0.25) is 13.8 Å². The Morgan fingerprint density at radius 3 is 1.97 bits per heavy atom. The number of sulfonamides is 2. The number of nitrogens with one attached hydrogen (secondary N) is 2. The van der Waals surface area contributed by atoms with E-state index in [4.69, 9.17) is 4.74 Å². The van der Waals surface area contributed by atoms with Crippen LogP contribution in [0.4, 0.5) is 17.1 Å². The van der Waals surface area contributed by atoms with Gasteiger partial charge in [0.15, 0.2) is 0 Å². The zero-order chi connectivity index (χ0) is 24.9. The average molecular weight is 568 g/mol. The van der Waals surface area contributed by atoms with E-state index in [-0.39, 0.29) is 4.90 Å². The second-order valence-electron chi connectivity index (χ2n) is 7.15. The summed E-state index contributed by atoms with van der Waals surface area (Å²) in [5, 5.41) is 2.58. The number of benzene rings is 3. The van der Waals surface area contributed by atoms with Gasteiger partial charge in [-0.1, -0.05) is 15.9 Å². The molecule has 0 unspecified atom stereocenters. The minimum absolute atomic E-state index is 0.00561. The Balaban J connectivity index is 1.69. The van der Waals surface area contributed by atoms with E-state index in [1.165, 1.54) is 31.4 Å². The quantitative estimate of drug-likeness (QED) is 0.407. The second-order valence-corrected chi connectivity index (χ2v) is 11.7. The van der Waals surface area contributed by atoms with E-state index < -0.39 is 32.5 Å². The minimum atomic E-state index is -3.85. The van der Waals surface area contributed by atoms with E-state index >= 15 is 0 Å². The fraction of sp³-hybridized carbons (Fsp3) is 0.136. The molecule has 1 amide bonds. The normalized spacial score (nSPS) is 11.5. The highest BCUT2D eigenvalue weighted by molar-refractivity contribution is 9.10. The number of carbonyl (C=O) groups is 1. The van der Waals surface area contributed by atoms with Crippen LogP contribution in [-0.2, 0) is 24.8 Å². The van der Waals surface area contributed by atoms with Crippen LogP contribution in [0.3, 0.4) is 0 Å². The molecule has 0 aliphatic heterocycles. The number of nitrogens with zero attached hydrogens (tertiary/aromatic N) is 1. The molecule has 0 fully saturated rings. The van der Waals surface area contributed by atoms with Crippen LogP contribution in [0.15, 0.2) is 82.2 Å². The molecule has 9 nitrogen and oxygen atoms in total. The Labute approximate surface area is 207 Å². The molecule has 0 bridgehead atoms. The van der Waals surface area contributed by atoms with Crippen molar-refractivity contribution in [3.8, 4) is 5.75 Å². The van der Waals surface area contributed by atoms with Crippen molar-refractivity contribution >= 4 is 58.9 Å². The molecule has 0 saturated carbocycles. The smallest absolute Gasteiger partial charge is 0.261 e. The number of anilines is 3. The number of methoxy groups -OCH3 is 1. The van der Waals surface area contributed by atoms with Crippen LogP contribution >= 0.6 is 15.9 Å². The zero-order valence-electron chi connectivity index (χ0n) is 18.2. The van der Waals surface area contributed by atoms with Crippen molar-refractivity contribution < 1.29 is 26.4 Å². The Morgan fingerprint density at radius 2 is 1.44 bits per heavy atom. The molecule has 3 aromatic rings. The van der Waals surface area contributed by atoms with Gasteiger partial charge >= 0.3 is 0 Å². The number of hydrogen-bond donors (Lipinski definition) is 2. The standard InChI is InChI=1S/C22H22BrN3O6S2/c1-32-20-11-5-18(6-12-20)25-34(30,31)21-13-7-17(8-14-21)24-22(27)15-26(33(2,28)29)19-9-3-16(23)4-10-19/h3-14,25H,15H2,1-2H3,(H,24,27). The third-order valence-corrected chi connectivity index (χ3v) is 7.66. The molecule has 3 rings (SSSR count). The van der Waals surface area contributed by atoms with E-state index in [0.717, 1.165) is 15.0 Å². The van der Waals surface area contributed by atoms with Crippen LogP contribution < -0.4 is 19.1 Å². The molecule has 0 radical (unpaired) electrons. The van der Waals surface area contributed by atoms with Gasteiger partial charge in [-0.05, 0) is 72.8 Å². The number of hydrogen-bond acceptors (Lipinski definition) is 6. The highest BCUT2D eigenvalue weighted by Gasteiger charge is 2.21. The summed E-state index contributed by atoms with van der Waals surface area (Å²) in [7, 11) is -6.05. The van der Waals surface area contributed by atoms with E-state index in [1.807, 2.05) is 0 Å². The van der Waals surface area contributed by atoms with Gasteiger partial charge in [-0.2, -0.15) is 0 Å². The molecular formula is C22H22BrN3O6S2. The number of halogens is 1. The third kappa shape index (κ3) is 6.72. The monoisotopic (exact) mass is 567 g/mol. The number of ether oxygens (including phenoxy) is 1. The van der Waals surface area contributed by atoms with Crippen LogP contribution in [0.5, 0.6) is 5.75 Å². The molecule has 12 heteroatoms. The first-order valence-corrected chi connectivity index (χ1v) is 13.9. The van der Waals surface area contributed by atoms with Crippen molar-refractivity contribution in [1.29, 1.82) is 0 Å². The van der Waals surface area contributed by atoms with Crippen molar-refractivity contribution in [2.24, 2.45) is 0 Å². The topological polar surface area (TPSA) is 122 Å². The molecule has 0 saturated heterocycles. The van der Waals surface area contributed by atoms with Crippen LogP contribution in [0.25, 0.3) is 0 Å². The summed E-state index contributed by atoms with van der Waals surface area (Å²) >= 11 is 3.28. The van der Waals surface area contributed by atoms with E-state index in [0.29, 0.717) is 22.8 Å². The first-order valence-electron chi connectivity index (χ1n) is 9.78. The molecule has 180 valence electrons. The summed E-state index contributed by atoms with van der Waals surface area (Å²) in [6.07, 6.45) is 1.01. The average Bonchev–Trinajstić information content (AvgIpc) is 2.78. The summed E-state index contributed by atoms with van der Waals surface area (Å²) in [5.74, 6) is 0.0120. The third-order valence-electron chi connectivity index (χ3n) is 4.59. The summed E-state index contributed by atoms with van der Waals surface area (Å²) < 4.78 is 58.9.